The van der Waals surface area contributed by atoms with E-state index in [0.29, 0.717) is 36.9 Å². The molecule has 2 aliphatic rings. The van der Waals surface area contributed by atoms with E-state index in [-0.39, 0.29) is 24.8 Å². The Morgan fingerprint density at radius 2 is 1.65 bits per heavy atom. The van der Waals surface area contributed by atoms with Gasteiger partial charge in [0, 0.05) is 45.5 Å². The third kappa shape index (κ3) is 4.48. The summed E-state index contributed by atoms with van der Waals surface area (Å²) >= 11 is 0. The topological polar surface area (TPSA) is 65.5 Å². The number of halogens is 2. The number of pyridine rings is 1. The molecule has 0 amide bonds. The molecule has 1 N–H and O–H groups in total. The quantitative estimate of drug-likeness (QED) is 0.857. The van der Waals surface area contributed by atoms with Crippen molar-refractivity contribution in [1.82, 2.24) is 14.6 Å². The lowest BCUT2D eigenvalue weighted by atomic mass is 10.1. The van der Waals surface area contributed by atoms with Crippen LogP contribution < -0.4 is 10.2 Å². The molecule has 3 heterocycles. The molecule has 0 bridgehead atoms. The SMILES string of the molecule is Cl.Cl.O=S(=O)(c1cccnc1N1CCCCC1)N1CCNCC1. The highest BCUT2D eigenvalue weighted by Gasteiger charge is 2.30. The summed E-state index contributed by atoms with van der Waals surface area (Å²) in [6, 6.07) is 3.40. The second-order valence-corrected chi connectivity index (χ2v) is 7.43. The molecular formula is C14H24Cl2N4O2S. The smallest absolute Gasteiger partial charge is 0.246 e. The van der Waals surface area contributed by atoms with Gasteiger partial charge in [0.1, 0.15) is 10.7 Å². The number of nitrogens with one attached hydrogen (secondary N) is 1. The Morgan fingerprint density at radius 1 is 1.00 bits per heavy atom. The summed E-state index contributed by atoms with van der Waals surface area (Å²) in [6.07, 6.45) is 5.09. The fraction of sp³-hybridized carbons (Fsp3) is 0.643. The van der Waals surface area contributed by atoms with Crippen molar-refractivity contribution in [3.05, 3.63) is 18.3 Å². The summed E-state index contributed by atoms with van der Waals surface area (Å²) in [6.45, 7) is 4.24. The standard InChI is InChI=1S/C14H22N4O2S.2ClH/c19-21(20,18-11-7-15-8-12-18)13-5-4-6-16-14(13)17-9-2-1-3-10-17;;/h4-6,15H,1-3,7-12H2;2*1H. The van der Waals surface area contributed by atoms with Crippen molar-refractivity contribution in [3.8, 4) is 0 Å². The molecule has 9 heteroatoms. The van der Waals surface area contributed by atoms with Crippen LogP contribution in [0.5, 0.6) is 0 Å². The number of hydrogen-bond acceptors (Lipinski definition) is 5. The summed E-state index contributed by atoms with van der Waals surface area (Å²) < 4.78 is 27.3. The Labute approximate surface area is 150 Å². The molecule has 0 atom stereocenters. The van der Waals surface area contributed by atoms with Crippen LogP contribution >= 0.6 is 24.8 Å². The predicted molar refractivity (Wildman–Crippen MR) is 96.4 cm³/mol. The van der Waals surface area contributed by atoms with Crippen molar-refractivity contribution >= 4 is 40.7 Å². The van der Waals surface area contributed by atoms with Crippen LogP contribution in [0.2, 0.25) is 0 Å². The summed E-state index contributed by atoms with van der Waals surface area (Å²) in [7, 11) is -3.45. The minimum absolute atomic E-state index is 0. The molecule has 0 aliphatic carbocycles. The summed E-state index contributed by atoms with van der Waals surface area (Å²) in [5.41, 5.74) is 0. The van der Waals surface area contributed by atoms with Crippen LogP contribution in [-0.4, -0.2) is 57.0 Å². The van der Waals surface area contributed by atoms with E-state index in [4.69, 9.17) is 0 Å². The largest absolute Gasteiger partial charge is 0.355 e. The lowest BCUT2D eigenvalue weighted by molar-refractivity contribution is 0.360. The molecule has 0 radical (unpaired) electrons. The first kappa shape index (κ1) is 20.4. The van der Waals surface area contributed by atoms with Crippen molar-refractivity contribution < 1.29 is 8.42 Å². The average molecular weight is 383 g/mol. The van der Waals surface area contributed by atoms with Crippen LogP contribution in [0.15, 0.2) is 23.2 Å². The van der Waals surface area contributed by atoms with Gasteiger partial charge in [0.05, 0.1) is 0 Å². The zero-order valence-electron chi connectivity index (χ0n) is 13.0. The average Bonchev–Trinajstić information content (AvgIpc) is 2.56. The van der Waals surface area contributed by atoms with Gasteiger partial charge < -0.3 is 10.2 Å². The van der Waals surface area contributed by atoms with Crippen molar-refractivity contribution in [2.75, 3.05) is 44.2 Å². The minimum Gasteiger partial charge on any atom is -0.355 e. The van der Waals surface area contributed by atoms with E-state index in [1.807, 2.05) is 0 Å². The molecule has 0 saturated carbocycles. The number of piperidine rings is 1. The number of nitrogens with zero attached hydrogens (tertiary/aromatic N) is 3. The molecule has 23 heavy (non-hydrogen) atoms. The molecule has 2 fully saturated rings. The van der Waals surface area contributed by atoms with Crippen LogP contribution in [0.25, 0.3) is 0 Å². The van der Waals surface area contributed by atoms with E-state index in [2.05, 4.69) is 15.2 Å². The predicted octanol–water partition coefficient (Wildman–Crippen LogP) is 1.51. The molecule has 1 aromatic heterocycles. The van der Waals surface area contributed by atoms with Crippen LogP contribution in [0.4, 0.5) is 5.82 Å². The number of anilines is 1. The molecule has 6 nitrogen and oxygen atoms in total. The zero-order chi connectivity index (χ0) is 14.7. The first-order chi connectivity index (χ1) is 10.2. The second-order valence-electron chi connectivity index (χ2n) is 5.53. The van der Waals surface area contributed by atoms with Gasteiger partial charge in [-0.05, 0) is 31.4 Å². The molecule has 1 aromatic rings. The molecule has 2 saturated heterocycles. The third-order valence-corrected chi connectivity index (χ3v) is 6.02. The van der Waals surface area contributed by atoms with Crippen LogP contribution in [0, 0.1) is 0 Å². The molecule has 2 aliphatic heterocycles. The van der Waals surface area contributed by atoms with E-state index >= 15 is 0 Å². The Hall–Kier alpha value is -0.600. The van der Waals surface area contributed by atoms with Gasteiger partial charge in [0.25, 0.3) is 0 Å². The lowest BCUT2D eigenvalue weighted by Crippen LogP contribution is -2.46. The first-order valence-corrected chi connectivity index (χ1v) is 9.04. The Bertz CT molecular complexity index is 588. The van der Waals surface area contributed by atoms with Gasteiger partial charge in [-0.15, -0.1) is 24.8 Å². The monoisotopic (exact) mass is 382 g/mol. The molecule has 0 aromatic carbocycles. The highest BCUT2D eigenvalue weighted by atomic mass is 35.5. The van der Waals surface area contributed by atoms with Gasteiger partial charge in [-0.25, -0.2) is 13.4 Å². The first-order valence-electron chi connectivity index (χ1n) is 7.60. The molecule has 0 spiro atoms. The van der Waals surface area contributed by atoms with Crippen LogP contribution in [0.1, 0.15) is 19.3 Å². The number of piperazine rings is 1. The van der Waals surface area contributed by atoms with Gasteiger partial charge in [0.2, 0.25) is 10.0 Å². The van der Waals surface area contributed by atoms with Gasteiger partial charge in [-0.1, -0.05) is 0 Å². The maximum absolute atomic E-state index is 12.9. The molecule has 0 unspecified atom stereocenters. The fourth-order valence-electron chi connectivity index (χ4n) is 2.95. The Kier molecular flexibility index (Phi) is 8.03. The Balaban J connectivity index is 0.00000132. The zero-order valence-corrected chi connectivity index (χ0v) is 15.4. The summed E-state index contributed by atoms with van der Waals surface area (Å²) in [5.74, 6) is 0.621. The normalized spacial score (nSPS) is 19.6. The van der Waals surface area contributed by atoms with Crippen molar-refractivity contribution in [3.63, 3.8) is 0 Å². The Morgan fingerprint density at radius 3 is 2.30 bits per heavy atom. The van der Waals surface area contributed by atoms with E-state index in [1.165, 1.54) is 6.42 Å². The van der Waals surface area contributed by atoms with E-state index in [9.17, 15) is 8.42 Å². The molecule has 132 valence electrons. The molecular weight excluding hydrogens is 359 g/mol. The number of rotatable bonds is 3. The van der Waals surface area contributed by atoms with Crippen LogP contribution in [0.3, 0.4) is 0 Å². The minimum atomic E-state index is -3.45. The van der Waals surface area contributed by atoms with E-state index in [1.54, 1.807) is 22.6 Å². The van der Waals surface area contributed by atoms with Crippen molar-refractivity contribution in [2.45, 2.75) is 24.2 Å². The molecule has 3 rings (SSSR count). The van der Waals surface area contributed by atoms with E-state index in [0.717, 1.165) is 25.9 Å². The summed E-state index contributed by atoms with van der Waals surface area (Å²) in [4.78, 5) is 6.83. The highest BCUT2D eigenvalue weighted by Crippen LogP contribution is 2.27. The van der Waals surface area contributed by atoms with Gasteiger partial charge >= 0.3 is 0 Å². The maximum atomic E-state index is 12.9. The number of aromatic nitrogens is 1. The van der Waals surface area contributed by atoms with Gasteiger partial charge in [-0.2, -0.15) is 4.31 Å². The van der Waals surface area contributed by atoms with Gasteiger partial charge in [-0.3, -0.25) is 0 Å². The second kappa shape index (κ2) is 9.03. The highest BCUT2D eigenvalue weighted by molar-refractivity contribution is 7.89. The lowest BCUT2D eigenvalue weighted by Gasteiger charge is -2.31. The third-order valence-electron chi connectivity index (χ3n) is 4.10. The summed E-state index contributed by atoms with van der Waals surface area (Å²) in [5, 5.41) is 3.18. The van der Waals surface area contributed by atoms with Crippen molar-refractivity contribution in [1.29, 1.82) is 0 Å². The fourth-order valence-corrected chi connectivity index (χ4v) is 4.56. The number of sulfonamides is 1. The van der Waals surface area contributed by atoms with Gasteiger partial charge in [0.15, 0.2) is 0 Å². The van der Waals surface area contributed by atoms with E-state index < -0.39 is 10.0 Å². The van der Waals surface area contributed by atoms with Crippen LogP contribution in [-0.2, 0) is 10.0 Å². The van der Waals surface area contributed by atoms with Crippen molar-refractivity contribution in [2.24, 2.45) is 0 Å². The number of hydrogen-bond donors (Lipinski definition) is 1. The maximum Gasteiger partial charge on any atom is 0.246 e.